The lowest BCUT2D eigenvalue weighted by Gasteiger charge is -2.46. The number of carbonyl (C=O) groups is 3. The number of nitrogens with one attached hydrogen (secondary N) is 2. The van der Waals surface area contributed by atoms with Crippen molar-refractivity contribution in [1.29, 1.82) is 5.26 Å². The van der Waals surface area contributed by atoms with Crippen LogP contribution in [0.1, 0.15) is 56.7 Å². The number of carbonyl (C=O) groups excluding carboxylic acids is 3. The van der Waals surface area contributed by atoms with Gasteiger partial charge < -0.3 is 20.1 Å². The van der Waals surface area contributed by atoms with Crippen molar-refractivity contribution in [3.8, 4) is 17.2 Å². The molecule has 10 nitrogen and oxygen atoms in total. The Bertz CT molecular complexity index is 1800. The molecule has 3 aromatic heterocycles. The van der Waals surface area contributed by atoms with Crippen LogP contribution in [0.4, 0.5) is 0 Å². The van der Waals surface area contributed by atoms with E-state index < -0.39 is 11.5 Å². The number of amides is 3. The van der Waals surface area contributed by atoms with Crippen molar-refractivity contribution >= 4 is 28.6 Å². The van der Waals surface area contributed by atoms with Crippen LogP contribution in [0.5, 0.6) is 0 Å². The number of hydrogen-bond donors (Lipinski definition) is 2. The number of H-pyrrole nitrogens is 1. The van der Waals surface area contributed by atoms with Crippen molar-refractivity contribution in [2.24, 2.45) is 10.8 Å². The normalized spacial score (nSPS) is 22.7. The predicted molar refractivity (Wildman–Crippen MR) is 163 cm³/mol. The first-order chi connectivity index (χ1) is 20.6. The number of hydrogen-bond acceptors (Lipinski definition) is 6. The van der Waals surface area contributed by atoms with Crippen LogP contribution in [-0.4, -0.2) is 73.7 Å². The van der Waals surface area contributed by atoms with Gasteiger partial charge in [0.05, 0.1) is 6.04 Å². The summed E-state index contributed by atoms with van der Waals surface area (Å²) in [5.41, 5.74) is 2.99. The van der Waals surface area contributed by atoms with Gasteiger partial charge in [-0.3, -0.25) is 19.4 Å². The van der Waals surface area contributed by atoms with Crippen molar-refractivity contribution in [3.05, 3.63) is 84.1 Å². The molecule has 7 rings (SSSR count). The zero-order valence-electron chi connectivity index (χ0n) is 24.2. The minimum atomic E-state index is -0.725. The molecule has 3 fully saturated rings. The number of likely N-dealkylation sites (tertiary alicyclic amines) is 2. The molecule has 2 aliphatic heterocycles. The van der Waals surface area contributed by atoms with Gasteiger partial charge in [0.1, 0.15) is 29.2 Å². The highest BCUT2D eigenvalue weighted by Crippen LogP contribution is 2.65. The smallest absolute Gasteiger partial charge is 0.272 e. The summed E-state index contributed by atoms with van der Waals surface area (Å²) in [5, 5.41) is 12.9. The summed E-state index contributed by atoms with van der Waals surface area (Å²) >= 11 is 0. The van der Waals surface area contributed by atoms with Gasteiger partial charge in [0.25, 0.3) is 11.8 Å². The fourth-order valence-electron chi connectivity index (χ4n) is 6.72. The minimum Gasteiger partial charge on any atom is -0.351 e. The summed E-state index contributed by atoms with van der Waals surface area (Å²) in [7, 11) is 0. The number of rotatable bonds is 5. The van der Waals surface area contributed by atoms with Gasteiger partial charge in [-0.15, -0.1) is 0 Å². The van der Waals surface area contributed by atoms with Crippen molar-refractivity contribution < 1.29 is 17.2 Å². The molecule has 1 spiro atoms. The fourth-order valence-corrected chi connectivity index (χ4v) is 6.72. The molecule has 1 saturated carbocycles. The largest absolute Gasteiger partial charge is 0.351 e. The van der Waals surface area contributed by atoms with Gasteiger partial charge in [-0.25, -0.2) is 4.98 Å². The summed E-state index contributed by atoms with van der Waals surface area (Å²) in [5.74, 6) is -0.584. The Labute approximate surface area is 251 Å². The molecule has 4 aromatic rings. The third kappa shape index (κ3) is 4.35. The van der Waals surface area contributed by atoms with E-state index in [4.69, 9.17) is 5.26 Å². The van der Waals surface area contributed by atoms with Crippen molar-refractivity contribution in [2.75, 3.05) is 13.1 Å². The molecule has 5 heterocycles. The van der Waals surface area contributed by atoms with E-state index in [1.807, 2.05) is 67.0 Å². The fraction of sp³-hybridized carbons (Fsp3) is 0.333. The van der Waals surface area contributed by atoms with E-state index >= 15 is 0 Å². The molecule has 3 amide bonds. The number of aromatic amines is 1. The lowest BCUT2D eigenvalue weighted by Crippen LogP contribution is -2.61. The standard InChI is InChI=1S/C33H31N7O3.2H2/c1-32(2,3)28(38-29(41)25-12-19-6-4-5-7-23(19)37-25)31(43)39-17-27-33(13-26(33)39)18-40(27)30(42)24-11-9-21(16-36-24)20-8-10-22(14-34)35-15-20;;/h4-12,15-16,26-28,37H,13,17-18H2,1-3H3,(H,38,41);2*1H/t26-,27+,28+,33?;;/m0../s1. The molecular formula is C33H35N7O3. The van der Waals surface area contributed by atoms with E-state index in [1.165, 1.54) is 0 Å². The van der Waals surface area contributed by atoms with Gasteiger partial charge >= 0.3 is 0 Å². The Morgan fingerprint density at radius 2 is 1.79 bits per heavy atom. The van der Waals surface area contributed by atoms with Crippen molar-refractivity contribution in [3.63, 3.8) is 0 Å². The Morgan fingerprint density at radius 1 is 1.05 bits per heavy atom. The second kappa shape index (κ2) is 9.49. The van der Waals surface area contributed by atoms with Crippen LogP contribution in [0, 0.1) is 22.2 Å². The van der Waals surface area contributed by atoms with E-state index in [9.17, 15) is 14.4 Å². The van der Waals surface area contributed by atoms with E-state index in [1.54, 1.807) is 36.7 Å². The number of fused-ring (bicyclic) bond motifs is 1. The second-order valence-corrected chi connectivity index (χ2v) is 12.9. The van der Waals surface area contributed by atoms with Crippen LogP contribution >= 0.6 is 0 Å². The first kappa shape index (κ1) is 26.8. The topological polar surface area (TPSA) is 135 Å². The van der Waals surface area contributed by atoms with Crippen LogP contribution in [-0.2, 0) is 4.79 Å². The Hall–Kier alpha value is -5.04. The van der Waals surface area contributed by atoms with E-state index in [-0.39, 0.29) is 38.1 Å². The van der Waals surface area contributed by atoms with Crippen LogP contribution in [0.3, 0.4) is 0 Å². The average molecular weight is 578 g/mol. The monoisotopic (exact) mass is 577 g/mol. The molecule has 3 aliphatic rings. The van der Waals surface area contributed by atoms with E-state index in [0.717, 1.165) is 28.5 Å². The molecule has 43 heavy (non-hydrogen) atoms. The van der Waals surface area contributed by atoms with E-state index in [2.05, 4.69) is 20.3 Å². The second-order valence-electron chi connectivity index (χ2n) is 12.9. The predicted octanol–water partition coefficient (Wildman–Crippen LogP) is 4.26. The summed E-state index contributed by atoms with van der Waals surface area (Å²) in [6, 6.07) is 17.7. The molecule has 2 saturated heterocycles. The van der Waals surface area contributed by atoms with Gasteiger partial charge in [0, 0.05) is 61.8 Å². The van der Waals surface area contributed by atoms with Crippen LogP contribution < -0.4 is 5.32 Å². The quantitative estimate of drug-likeness (QED) is 0.364. The zero-order chi connectivity index (χ0) is 30.1. The Kier molecular flexibility index (Phi) is 5.92. The summed E-state index contributed by atoms with van der Waals surface area (Å²) in [6.07, 6.45) is 4.11. The van der Waals surface area contributed by atoms with Gasteiger partial charge in [-0.1, -0.05) is 45.0 Å². The lowest BCUT2D eigenvalue weighted by molar-refractivity contribution is -0.135. The van der Waals surface area contributed by atoms with Gasteiger partial charge in [0.15, 0.2) is 0 Å². The van der Waals surface area contributed by atoms with Crippen LogP contribution in [0.15, 0.2) is 67.0 Å². The summed E-state index contributed by atoms with van der Waals surface area (Å²) in [4.78, 5) is 56.1. The Morgan fingerprint density at radius 3 is 2.44 bits per heavy atom. The highest BCUT2D eigenvalue weighted by Gasteiger charge is 2.76. The zero-order valence-corrected chi connectivity index (χ0v) is 24.2. The van der Waals surface area contributed by atoms with Gasteiger partial charge in [0.2, 0.25) is 5.91 Å². The third-order valence-corrected chi connectivity index (χ3v) is 9.23. The van der Waals surface area contributed by atoms with Gasteiger partial charge in [-0.2, -0.15) is 5.26 Å². The number of pyridine rings is 2. The number of piperidine rings is 1. The molecule has 0 radical (unpaired) electrons. The Balaban J connectivity index is 0.00000200. The first-order valence-corrected chi connectivity index (χ1v) is 14.4. The molecule has 2 N–H and O–H groups in total. The molecular weight excluding hydrogens is 542 g/mol. The number of benzene rings is 1. The SMILES string of the molecule is CC(C)(C)[C@H](NC(=O)c1cc2ccccc2[nH]1)C(=O)N1C[C@H]2N(C(=O)c3ccc(-c4ccc(C#N)nc4)cn3)CC23C[C@H]13.[HH].[HH]. The molecule has 0 bridgehead atoms. The number of aromatic nitrogens is 3. The maximum absolute atomic E-state index is 14.0. The van der Waals surface area contributed by atoms with Crippen LogP contribution in [0.25, 0.3) is 22.0 Å². The minimum absolute atomic E-state index is 0. The number of para-hydroxylation sites is 1. The summed E-state index contributed by atoms with van der Waals surface area (Å²) in [6.45, 7) is 6.89. The highest BCUT2D eigenvalue weighted by molar-refractivity contribution is 6.00. The van der Waals surface area contributed by atoms with Crippen molar-refractivity contribution in [2.45, 2.75) is 45.3 Å². The molecule has 1 unspecified atom stereocenters. The first-order valence-electron chi connectivity index (χ1n) is 14.4. The molecule has 10 heteroatoms. The van der Waals surface area contributed by atoms with Gasteiger partial charge in [-0.05, 0) is 42.2 Å². The molecule has 1 aromatic carbocycles. The van der Waals surface area contributed by atoms with E-state index in [0.29, 0.717) is 30.2 Å². The maximum atomic E-state index is 14.0. The number of nitriles is 1. The average Bonchev–Trinajstić information content (AvgIpc) is 3.51. The lowest BCUT2D eigenvalue weighted by atomic mass is 9.85. The van der Waals surface area contributed by atoms with Crippen molar-refractivity contribution in [1.82, 2.24) is 30.1 Å². The summed E-state index contributed by atoms with van der Waals surface area (Å²) < 4.78 is 0. The molecule has 1 aliphatic carbocycles. The van der Waals surface area contributed by atoms with Crippen LogP contribution in [0.2, 0.25) is 0 Å². The third-order valence-electron chi connectivity index (χ3n) is 9.23. The number of nitrogens with zero attached hydrogens (tertiary/aromatic N) is 5. The molecule has 4 atom stereocenters. The highest BCUT2D eigenvalue weighted by atomic mass is 16.2. The molecule has 220 valence electrons. The maximum Gasteiger partial charge on any atom is 0.272 e.